The quantitative estimate of drug-likeness (QED) is 0.844. The van der Waals surface area contributed by atoms with E-state index in [9.17, 15) is 4.79 Å². The molecule has 3 rings (SSSR count). The third-order valence-corrected chi connectivity index (χ3v) is 5.69. The van der Waals surface area contributed by atoms with Gasteiger partial charge in [0.1, 0.15) is 6.10 Å². The first-order chi connectivity index (χ1) is 10.2. The highest BCUT2D eigenvalue weighted by atomic mass is 79.9. The van der Waals surface area contributed by atoms with Crippen molar-refractivity contribution in [3.8, 4) is 10.6 Å². The number of amides is 1. The molecule has 1 fully saturated rings. The van der Waals surface area contributed by atoms with Crippen LogP contribution in [0.5, 0.6) is 0 Å². The number of carbonyl (C=O) groups excluding carboxylic acids is 1. The summed E-state index contributed by atoms with van der Waals surface area (Å²) in [6.45, 7) is 0.457. The number of ether oxygens (including phenoxy) is 1. The summed E-state index contributed by atoms with van der Waals surface area (Å²) in [4.78, 5) is 17.6. The number of halogens is 1. The molecule has 21 heavy (non-hydrogen) atoms. The molecule has 0 unspecified atom stereocenters. The van der Waals surface area contributed by atoms with Gasteiger partial charge in [-0.25, -0.2) is 4.98 Å². The average Bonchev–Trinajstić information content (AvgIpc) is 3.17. The van der Waals surface area contributed by atoms with E-state index in [-0.39, 0.29) is 12.0 Å². The third kappa shape index (κ3) is 3.51. The van der Waals surface area contributed by atoms with Crippen LogP contribution in [-0.4, -0.2) is 29.6 Å². The van der Waals surface area contributed by atoms with E-state index in [1.165, 1.54) is 11.3 Å². The number of thiophene rings is 1. The first-order valence-electron chi connectivity index (χ1n) is 6.52. The summed E-state index contributed by atoms with van der Waals surface area (Å²) in [6.07, 6.45) is 1.13. The highest BCUT2D eigenvalue weighted by Crippen LogP contribution is 2.32. The Morgan fingerprint density at radius 3 is 3.00 bits per heavy atom. The molecule has 1 amide bonds. The Bertz CT molecular complexity index is 643. The summed E-state index contributed by atoms with van der Waals surface area (Å²) in [7, 11) is 0. The van der Waals surface area contributed by atoms with Crippen molar-refractivity contribution in [3.05, 3.63) is 21.3 Å². The Morgan fingerprint density at radius 1 is 1.48 bits per heavy atom. The van der Waals surface area contributed by atoms with Crippen molar-refractivity contribution < 1.29 is 9.53 Å². The van der Waals surface area contributed by atoms with Crippen LogP contribution in [0.4, 0.5) is 5.13 Å². The normalized spacial score (nSPS) is 21.6. The number of anilines is 1. The van der Waals surface area contributed by atoms with Crippen molar-refractivity contribution in [1.82, 2.24) is 4.98 Å². The van der Waals surface area contributed by atoms with Gasteiger partial charge in [-0.05, 0) is 34.8 Å². The summed E-state index contributed by atoms with van der Waals surface area (Å²) in [5, 5.41) is 7.36. The lowest BCUT2D eigenvalue weighted by molar-refractivity contribution is -0.126. The summed E-state index contributed by atoms with van der Waals surface area (Å²) < 4.78 is 6.61. The Kier molecular flexibility index (Phi) is 4.70. The van der Waals surface area contributed by atoms with Crippen molar-refractivity contribution in [2.75, 3.05) is 11.9 Å². The minimum Gasteiger partial charge on any atom is -0.364 e. The SMILES string of the molecule is NC[C@H]1CC[C@@H](C(=O)Nc2nc(-c3cc(Br)cs3)cs2)O1. The van der Waals surface area contributed by atoms with E-state index in [0.717, 1.165) is 21.5 Å². The topological polar surface area (TPSA) is 77.2 Å². The molecular weight excluding hydrogens is 374 g/mol. The van der Waals surface area contributed by atoms with Gasteiger partial charge in [-0.3, -0.25) is 10.1 Å². The zero-order chi connectivity index (χ0) is 14.8. The van der Waals surface area contributed by atoms with Crippen molar-refractivity contribution >= 4 is 49.6 Å². The molecular formula is C13H14BrN3O2S2. The van der Waals surface area contributed by atoms with Crippen molar-refractivity contribution in [1.29, 1.82) is 0 Å². The molecule has 5 nitrogen and oxygen atoms in total. The van der Waals surface area contributed by atoms with Crippen LogP contribution >= 0.6 is 38.6 Å². The lowest BCUT2D eigenvalue weighted by Gasteiger charge is -2.11. The maximum atomic E-state index is 12.1. The van der Waals surface area contributed by atoms with E-state index in [1.54, 1.807) is 11.3 Å². The van der Waals surface area contributed by atoms with Gasteiger partial charge in [0, 0.05) is 21.8 Å². The van der Waals surface area contributed by atoms with E-state index in [4.69, 9.17) is 10.5 Å². The molecule has 1 aliphatic rings. The number of thiazole rings is 1. The van der Waals surface area contributed by atoms with Crippen molar-refractivity contribution in [2.24, 2.45) is 5.73 Å². The molecule has 2 aromatic heterocycles. The van der Waals surface area contributed by atoms with Crippen LogP contribution in [0.1, 0.15) is 12.8 Å². The van der Waals surface area contributed by atoms with Crippen LogP contribution < -0.4 is 11.1 Å². The smallest absolute Gasteiger partial charge is 0.255 e. The minimum absolute atomic E-state index is 0.00363. The van der Waals surface area contributed by atoms with E-state index in [1.807, 2.05) is 16.8 Å². The molecule has 0 bridgehead atoms. The molecule has 112 valence electrons. The number of nitrogens with zero attached hydrogens (tertiary/aromatic N) is 1. The molecule has 1 aliphatic heterocycles. The second-order valence-electron chi connectivity index (χ2n) is 4.72. The van der Waals surface area contributed by atoms with E-state index >= 15 is 0 Å². The van der Waals surface area contributed by atoms with Gasteiger partial charge >= 0.3 is 0 Å². The Hall–Kier alpha value is -0.800. The first-order valence-corrected chi connectivity index (χ1v) is 9.07. The number of nitrogens with two attached hydrogens (primary N) is 1. The molecule has 0 radical (unpaired) electrons. The summed E-state index contributed by atoms with van der Waals surface area (Å²) >= 11 is 6.45. The zero-order valence-electron chi connectivity index (χ0n) is 11.0. The molecule has 0 aromatic carbocycles. The molecule has 0 saturated carbocycles. The molecule has 2 atom stereocenters. The molecule has 1 saturated heterocycles. The molecule has 3 N–H and O–H groups in total. The summed E-state index contributed by atoms with van der Waals surface area (Å²) in [6, 6.07) is 2.01. The number of aromatic nitrogens is 1. The van der Waals surface area contributed by atoms with Crippen LogP contribution in [0.2, 0.25) is 0 Å². The lowest BCUT2D eigenvalue weighted by Crippen LogP contribution is -2.29. The third-order valence-electron chi connectivity index (χ3n) is 3.22. The van der Waals surface area contributed by atoms with E-state index in [0.29, 0.717) is 18.1 Å². The largest absolute Gasteiger partial charge is 0.364 e. The Balaban J connectivity index is 1.63. The maximum absolute atomic E-state index is 12.1. The molecule has 0 aliphatic carbocycles. The van der Waals surface area contributed by atoms with Crippen molar-refractivity contribution in [2.45, 2.75) is 25.0 Å². The van der Waals surface area contributed by atoms with Crippen molar-refractivity contribution in [3.63, 3.8) is 0 Å². The number of nitrogens with one attached hydrogen (secondary N) is 1. The standard InChI is InChI=1S/C13H14BrN3O2S2/c14-7-3-11(20-5-7)9-6-21-13(16-9)17-12(18)10-2-1-8(4-15)19-10/h3,5-6,8,10H,1-2,4,15H2,(H,16,17,18)/t8-,10+/m1/s1. The van der Waals surface area contributed by atoms with Crippen LogP contribution in [0.3, 0.4) is 0 Å². The monoisotopic (exact) mass is 387 g/mol. The highest BCUT2D eigenvalue weighted by molar-refractivity contribution is 9.10. The number of hydrogen-bond acceptors (Lipinski definition) is 6. The van der Waals surface area contributed by atoms with Gasteiger partial charge in [0.15, 0.2) is 5.13 Å². The fourth-order valence-corrected chi connectivity index (χ4v) is 4.33. The predicted molar refractivity (Wildman–Crippen MR) is 88.7 cm³/mol. The number of carbonyl (C=O) groups is 1. The minimum atomic E-state index is -0.415. The maximum Gasteiger partial charge on any atom is 0.255 e. The van der Waals surface area contributed by atoms with Crippen LogP contribution in [0, 0.1) is 0 Å². The predicted octanol–water partition coefficient (Wildman–Crippen LogP) is 3.08. The Morgan fingerprint density at radius 2 is 2.33 bits per heavy atom. The van der Waals surface area contributed by atoms with Crippen LogP contribution in [0.15, 0.2) is 21.3 Å². The van der Waals surface area contributed by atoms with E-state index < -0.39 is 6.10 Å². The second-order valence-corrected chi connectivity index (χ2v) is 7.40. The van der Waals surface area contributed by atoms with Gasteiger partial charge in [-0.1, -0.05) is 0 Å². The molecule has 2 aromatic rings. The van der Waals surface area contributed by atoms with Gasteiger partial charge < -0.3 is 10.5 Å². The second kappa shape index (κ2) is 6.53. The first kappa shape index (κ1) is 15.1. The Labute approximate surface area is 138 Å². The number of hydrogen-bond donors (Lipinski definition) is 2. The van der Waals surface area contributed by atoms with Gasteiger partial charge in [0.05, 0.1) is 16.7 Å². The fraction of sp³-hybridized carbons (Fsp3) is 0.385. The zero-order valence-corrected chi connectivity index (χ0v) is 14.3. The van der Waals surface area contributed by atoms with Gasteiger partial charge in [0.2, 0.25) is 0 Å². The van der Waals surface area contributed by atoms with Gasteiger partial charge in [0.25, 0.3) is 5.91 Å². The van der Waals surface area contributed by atoms with Gasteiger partial charge in [-0.2, -0.15) is 0 Å². The highest BCUT2D eigenvalue weighted by Gasteiger charge is 2.30. The van der Waals surface area contributed by atoms with Crippen LogP contribution in [-0.2, 0) is 9.53 Å². The summed E-state index contributed by atoms with van der Waals surface area (Å²) in [5.74, 6) is -0.140. The number of rotatable bonds is 4. The van der Waals surface area contributed by atoms with Crippen LogP contribution in [0.25, 0.3) is 10.6 Å². The average molecular weight is 388 g/mol. The van der Waals surface area contributed by atoms with E-state index in [2.05, 4.69) is 26.2 Å². The molecule has 3 heterocycles. The summed E-state index contributed by atoms with van der Waals surface area (Å²) in [5.41, 5.74) is 6.42. The van der Waals surface area contributed by atoms with Gasteiger partial charge in [-0.15, -0.1) is 22.7 Å². The fourth-order valence-electron chi connectivity index (χ4n) is 2.15. The molecule has 0 spiro atoms. The molecule has 8 heteroatoms. The lowest BCUT2D eigenvalue weighted by atomic mass is 10.2.